The highest BCUT2D eigenvalue weighted by atomic mass is 79.9. The highest BCUT2D eigenvalue weighted by Gasteiger charge is 2.20. The normalized spacial score (nSPS) is 17.9. The fourth-order valence-electron chi connectivity index (χ4n) is 2.43. The summed E-state index contributed by atoms with van der Waals surface area (Å²) in [5.74, 6) is 0.0174. The maximum atomic E-state index is 13.6. The van der Waals surface area contributed by atoms with Gasteiger partial charge in [0.15, 0.2) is 0 Å². The van der Waals surface area contributed by atoms with Gasteiger partial charge in [0, 0.05) is 17.6 Å². The lowest BCUT2D eigenvalue weighted by Crippen LogP contribution is -2.40. The van der Waals surface area contributed by atoms with Crippen molar-refractivity contribution in [3.05, 3.63) is 34.1 Å². The molecule has 0 spiro atoms. The maximum Gasteiger partial charge on any atom is 0.224 e. The molecule has 1 aromatic carbocycles. The molecule has 1 unspecified atom stereocenters. The number of carbonyl (C=O) groups excluding carboxylic acids is 1. The zero-order chi connectivity index (χ0) is 14.4. The summed E-state index contributed by atoms with van der Waals surface area (Å²) in [5, 5.41) is 6.17. The largest absolute Gasteiger partial charge is 0.356 e. The van der Waals surface area contributed by atoms with Crippen molar-refractivity contribution in [1.29, 1.82) is 0 Å². The van der Waals surface area contributed by atoms with Crippen LogP contribution in [-0.2, 0) is 11.2 Å². The van der Waals surface area contributed by atoms with E-state index in [1.165, 1.54) is 6.07 Å². The topological polar surface area (TPSA) is 41.1 Å². The lowest BCUT2D eigenvalue weighted by atomic mass is 9.99. The molecule has 1 fully saturated rings. The number of piperidine rings is 1. The van der Waals surface area contributed by atoms with Crippen LogP contribution in [0.15, 0.2) is 22.7 Å². The molecule has 0 bridgehead atoms. The van der Waals surface area contributed by atoms with E-state index in [9.17, 15) is 9.18 Å². The molecule has 1 aliphatic rings. The van der Waals surface area contributed by atoms with Gasteiger partial charge in [-0.3, -0.25) is 4.79 Å². The number of benzene rings is 1. The first-order chi connectivity index (χ1) is 9.66. The summed E-state index contributed by atoms with van der Waals surface area (Å²) in [6.45, 7) is 2.38. The van der Waals surface area contributed by atoms with Gasteiger partial charge in [0.25, 0.3) is 0 Å². The lowest BCUT2D eigenvalue weighted by Gasteiger charge is -2.21. The molecule has 2 N–H and O–H groups in total. The van der Waals surface area contributed by atoms with Crippen LogP contribution in [0.4, 0.5) is 4.39 Å². The van der Waals surface area contributed by atoms with E-state index >= 15 is 0 Å². The minimum Gasteiger partial charge on any atom is -0.356 e. The second-order valence-corrected chi connectivity index (χ2v) is 6.09. The fraction of sp³-hybridized carbons (Fsp3) is 0.533. The molecule has 118 valence electrons. The summed E-state index contributed by atoms with van der Waals surface area (Å²) in [6, 6.07) is 5.10. The maximum absolute atomic E-state index is 13.6. The van der Waals surface area contributed by atoms with Gasteiger partial charge in [-0.05, 0) is 49.9 Å². The minimum atomic E-state index is -0.192. The number of halogens is 3. The van der Waals surface area contributed by atoms with Gasteiger partial charge in [0.1, 0.15) is 5.82 Å². The quantitative estimate of drug-likeness (QED) is 0.772. The van der Waals surface area contributed by atoms with Gasteiger partial charge < -0.3 is 10.6 Å². The Morgan fingerprint density at radius 3 is 2.95 bits per heavy atom. The Morgan fingerprint density at radius 2 is 2.29 bits per heavy atom. The number of aryl methyl sites for hydroxylation is 1. The molecule has 1 heterocycles. The molecule has 0 aromatic heterocycles. The average molecular weight is 380 g/mol. The van der Waals surface area contributed by atoms with Crippen LogP contribution in [0.5, 0.6) is 0 Å². The van der Waals surface area contributed by atoms with E-state index in [-0.39, 0.29) is 30.0 Å². The molecule has 1 aromatic rings. The summed E-state index contributed by atoms with van der Waals surface area (Å²) in [5.41, 5.74) is 0.696. The predicted octanol–water partition coefficient (Wildman–Crippen LogP) is 3.06. The van der Waals surface area contributed by atoms with E-state index in [1.807, 2.05) is 6.07 Å². The second-order valence-electron chi connectivity index (χ2n) is 5.17. The molecule has 0 radical (unpaired) electrons. The van der Waals surface area contributed by atoms with Crippen molar-refractivity contribution in [2.24, 2.45) is 5.92 Å². The van der Waals surface area contributed by atoms with Crippen LogP contribution in [0.25, 0.3) is 0 Å². The van der Waals surface area contributed by atoms with Crippen LogP contribution < -0.4 is 10.6 Å². The molecule has 6 heteroatoms. The number of amides is 1. The number of carbonyl (C=O) groups is 1. The Morgan fingerprint density at radius 1 is 1.48 bits per heavy atom. The van der Waals surface area contributed by atoms with Gasteiger partial charge in [-0.25, -0.2) is 4.39 Å². The van der Waals surface area contributed by atoms with E-state index in [0.29, 0.717) is 18.5 Å². The van der Waals surface area contributed by atoms with E-state index in [0.717, 1.165) is 36.8 Å². The summed E-state index contributed by atoms with van der Waals surface area (Å²) in [7, 11) is 0. The van der Waals surface area contributed by atoms with Crippen LogP contribution in [0, 0.1) is 11.7 Å². The molecule has 21 heavy (non-hydrogen) atoms. The first kappa shape index (κ1) is 18.4. The second kappa shape index (κ2) is 9.38. The first-order valence-electron chi connectivity index (χ1n) is 7.09. The van der Waals surface area contributed by atoms with Gasteiger partial charge in [0.05, 0.1) is 5.92 Å². The van der Waals surface area contributed by atoms with Gasteiger partial charge in [0.2, 0.25) is 5.91 Å². The highest BCUT2D eigenvalue weighted by molar-refractivity contribution is 9.10. The Hall–Kier alpha value is -0.650. The standard InChI is InChI=1S/C15H20BrFN2O.ClH/c16-13-6-5-11(14(17)9-13)3-2-8-19-15(20)12-4-1-7-18-10-12;/h5-6,9,12,18H,1-4,7-8,10H2,(H,19,20);1H. The molecule has 2 rings (SSSR count). The van der Waals surface area contributed by atoms with Crippen molar-refractivity contribution in [2.75, 3.05) is 19.6 Å². The first-order valence-corrected chi connectivity index (χ1v) is 7.88. The predicted molar refractivity (Wildman–Crippen MR) is 88.3 cm³/mol. The Labute approximate surface area is 139 Å². The minimum absolute atomic E-state index is 0. The van der Waals surface area contributed by atoms with Crippen LogP contribution in [0.3, 0.4) is 0 Å². The zero-order valence-corrected chi connectivity index (χ0v) is 14.2. The molecule has 0 aliphatic carbocycles. The van der Waals surface area contributed by atoms with E-state index in [1.54, 1.807) is 6.07 Å². The monoisotopic (exact) mass is 378 g/mol. The fourth-order valence-corrected chi connectivity index (χ4v) is 2.77. The number of hydrogen-bond donors (Lipinski definition) is 2. The molecule has 1 amide bonds. The molecular formula is C15H21BrClFN2O. The van der Waals surface area contributed by atoms with Crippen molar-refractivity contribution in [3.8, 4) is 0 Å². The van der Waals surface area contributed by atoms with Crippen molar-refractivity contribution < 1.29 is 9.18 Å². The van der Waals surface area contributed by atoms with Crippen LogP contribution >= 0.6 is 28.3 Å². The molecule has 0 saturated carbocycles. The molecule has 1 atom stereocenters. The summed E-state index contributed by atoms with van der Waals surface area (Å²) >= 11 is 3.24. The molecule has 1 saturated heterocycles. The summed E-state index contributed by atoms with van der Waals surface area (Å²) in [6.07, 6.45) is 3.41. The highest BCUT2D eigenvalue weighted by Crippen LogP contribution is 2.16. The van der Waals surface area contributed by atoms with Crippen molar-refractivity contribution in [3.63, 3.8) is 0 Å². The van der Waals surface area contributed by atoms with Crippen LogP contribution in [-0.4, -0.2) is 25.5 Å². The Bertz CT molecular complexity index is 467. The number of rotatable bonds is 5. The van der Waals surface area contributed by atoms with E-state index in [4.69, 9.17) is 0 Å². The van der Waals surface area contributed by atoms with Gasteiger partial charge in [-0.2, -0.15) is 0 Å². The van der Waals surface area contributed by atoms with Crippen LogP contribution in [0.1, 0.15) is 24.8 Å². The third-order valence-corrected chi connectivity index (χ3v) is 4.10. The Kier molecular flexibility index (Phi) is 8.22. The third kappa shape index (κ3) is 5.93. The SMILES string of the molecule is Cl.O=C(NCCCc1ccc(Br)cc1F)C1CCCNC1. The van der Waals surface area contributed by atoms with Crippen LogP contribution in [0.2, 0.25) is 0 Å². The Balaban J connectivity index is 0.00000220. The number of nitrogens with one attached hydrogen (secondary N) is 2. The third-order valence-electron chi connectivity index (χ3n) is 3.60. The molecule has 1 aliphatic heterocycles. The van der Waals surface area contributed by atoms with Crippen molar-refractivity contribution >= 4 is 34.2 Å². The van der Waals surface area contributed by atoms with Gasteiger partial charge >= 0.3 is 0 Å². The lowest BCUT2D eigenvalue weighted by molar-refractivity contribution is -0.125. The summed E-state index contributed by atoms with van der Waals surface area (Å²) in [4.78, 5) is 11.9. The van der Waals surface area contributed by atoms with Gasteiger partial charge in [-0.15, -0.1) is 12.4 Å². The summed E-state index contributed by atoms with van der Waals surface area (Å²) < 4.78 is 14.3. The smallest absolute Gasteiger partial charge is 0.224 e. The van der Waals surface area contributed by atoms with Gasteiger partial charge in [-0.1, -0.05) is 22.0 Å². The zero-order valence-electron chi connectivity index (χ0n) is 11.8. The number of hydrogen-bond acceptors (Lipinski definition) is 2. The molecule has 3 nitrogen and oxygen atoms in total. The van der Waals surface area contributed by atoms with Crippen molar-refractivity contribution in [1.82, 2.24) is 10.6 Å². The van der Waals surface area contributed by atoms with E-state index < -0.39 is 0 Å². The van der Waals surface area contributed by atoms with E-state index in [2.05, 4.69) is 26.6 Å². The average Bonchev–Trinajstić information content (AvgIpc) is 2.46. The van der Waals surface area contributed by atoms with Crippen molar-refractivity contribution in [2.45, 2.75) is 25.7 Å². The molecular weight excluding hydrogens is 359 g/mol.